The molecule has 5 nitrogen and oxygen atoms in total. The van der Waals surface area contributed by atoms with Gasteiger partial charge in [0.1, 0.15) is 0 Å². The Kier molecular flexibility index (Phi) is 5.83. The van der Waals surface area contributed by atoms with Crippen LogP contribution in [0.1, 0.15) is 48.0 Å². The van der Waals surface area contributed by atoms with Crippen LogP contribution >= 0.6 is 0 Å². The molecule has 0 radical (unpaired) electrons. The first-order chi connectivity index (χ1) is 7.93. The lowest BCUT2D eigenvalue weighted by Crippen LogP contribution is -2.33. The van der Waals surface area contributed by atoms with Crippen molar-refractivity contribution in [2.75, 3.05) is 0 Å². The molecule has 0 aromatic carbocycles. The van der Waals surface area contributed by atoms with Crippen LogP contribution in [0.5, 0.6) is 0 Å². The molecule has 0 saturated carbocycles. The Morgan fingerprint density at radius 3 is 2.11 bits per heavy atom. The monoisotopic (exact) mass is 260 g/mol. The van der Waals surface area contributed by atoms with Crippen LogP contribution in [0.3, 0.4) is 0 Å². The van der Waals surface area contributed by atoms with E-state index in [9.17, 15) is 4.79 Å². The van der Waals surface area contributed by atoms with E-state index in [4.69, 9.17) is 14.9 Å². The van der Waals surface area contributed by atoms with Gasteiger partial charge in [-0.15, -0.1) is 0 Å². The molecule has 1 N–H and O–H groups in total. The van der Waals surface area contributed by atoms with Crippen LogP contribution in [0.15, 0.2) is 12.2 Å². The maximum absolute atomic E-state index is 10.5. The van der Waals surface area contributed by atoms with Crippen LogP contribution in [0.4, 0.5) is 4.79 Å². The summed E-state index contributed by atoms with van der Waals surface area (Å²) in [6, 6.07) is 0. The summed E-state index contributed by atoms with van der Waals surface area (Å²) >= 11 is 0. The second-order valence-corrected chi connectivity index (χ2v) is 6.24. The fourth-order valence-corrected chi connectivity index (χ4v) is 1.77. The van der Waals surface area contributed by atoms with Crippen LogP contribution in [-0.4, -0.2) is 23.2 Å². The Balaban J connectivity index is 4.42. The molecule has 0 aliphatic heterocycles. The molecule has 0 heterocycles. The molecule has 0 bridgehead atoms. The predicted octanol–water partition coefficient (Wildman–Crippen LogP) is 3.75. The average Bonchev–Trinajstić information content (AvgIpc) is 2.07. The molecule has 0 aromatic rings. The highest BCUT2D eigenvalue weighted by Crippen LogP contribution is 2.30. The largest absolute Gasteiger partial charge is 0.508 e. The molecule has 0 fully saturated rings. The Bertz CT molecular complexity index is 301. The fraction of sp³-hybridized carbons (Fsp3) is 0.769. The van der Waals surface area contributed by atoms with Gasteiger partial charge in [-0.25, -0.2) is 9.68 Å². The fourth-order valence-electron chi connectivity index (χ4n) is 1.77. The Hall–Kier alpha value is -1.07. The molecule has 0 rings (SSSR count). The summed E-state index contributed by atoms with van der Waals surface area (Å²) in [6.45, 7) is 15.2. The minimum absolute atomic E-state index is 0.0687. The highest BCUT2D eigenvalue weighted by Gasteiger charge is 2.29. The number of carbonyl (C=O) groups is 1. The summed E-state index contributed by atoms with van der Waals surface area (Å²) in [7, 11) is 0. The van der Waals surface area contributed by atoms with E-state index in [1.54, 1.807) is 6.92 Å². The van der Waals surface area contributed by atoms with E-state index in [0.29, 0.717) is 5.57 Å². The number of rotatable bonds is 6. The van der Waals surface area contributed by atoms with E-state index in [0.717, 1.165) is 6.42 Å². The van der Waals surface area contributed by atoms with Gasteiger partial charge in [0.05, 0.1) is 5.60 Å². The van der Waals surface area contributed by atoms with Crippen molar-refractivity contribution in [3.05, 3.63) is 12.2 Å². The van der Waals surface area contributed by atoms with Crippen LogP contribution < -0.4 is 0 Å². The van der Waals surface area contributed by atoms with Gasteiger partial charge in [-0.2, -0.15) is 4.89 Å². The first-order valence-corrected chi connectivity index (χ1v) is 5.82. The van der Waals surface area contributed by atoms with E-state index >= 15 is 0 Å². The van der Waals surface area contributed by atoms with Crippen LogP contribution in [0.25, 0.3) is 0 Å². The molecular weight excluding hydrogens is 236 g/mol. The van der Waals surface area contributed by atoms with E-state index in [2.05, 4.69) is 32.1 Å². The Labute approximate surface area is 109 Å². The molecule has 0 spiro atoms. The summed E-state index contributed by atoms with van der Waals surface area (Å²) in [6.07, 6.45) is -1.79. The third-order valence-corrected chi connectivity index (χ3v) is 1.93. The van der Waals surface area contributed by atoms with Crippen molar-refractivity contribution in [3.8, 4) is 0 Å². The zero-order chi connectivity index (χ0) is 14.6. The van der Waals surface area contributed by atoms with Gasteiger partial charge >= 0.3 is 6.16 Å². The molecule has 0 aliphatic rings. The van der Waals surface area contributed by atoms with Crippen LogP contribution in [-0.2, 0) is 14.5 Å². The number of carboxylic acid groups (broad SMARTS) is 1. The number of hydrogen-bond donors (Lipinski definition) is 1. The van der Waals surface area contributed by atoms with Gasteiger partial charge in [0, 0.05) is 0 Å². The SMILES string of the molecule is C=C(C)C(OOC(C)(C)CC(C)(C)C)OC(=O)O. The van der Waals surface area contributed by atoms with Crippen molar-refractivity contribution in [2.45, 2.75) is 59.9 Å². The number of ether oxygens (including phenoxy) is 1. The van der Waals surface area contributed by atoms with E-state index in [1.165, 1.54) is 0 Å². The van der Waals surface area contributed by atoms with Gasteiger partial charge in [0.25, 0.3) is 6.29 Å². The average molecular weight is 260 g/mol. The highest BCUT2D eigenvalue weighted by molar-refractivity contribution is 5.57. The summed E-state index contributed by atoms with van der Waals surface area (Å²) in [5, 5.41) is 8.55. The Morgan fingerprint density at radius 2 is 1.78 bits per heavy atom. The lowest BCUT2D eigenvalue weighted by molar-refractivity contribution is -0.406. The molecule has 0 amide bonds. The van der Waals surface area contributed by atoms with Gasteiger partial charge in [0.2, 0.25) is 0 Å². The molecule has 18 heavy (non-hydrogen) atoms. The van der Waals surface area contributed by atoms with Crippen molar-refractivity contribution in [1.82, 2.24) is 0 Å². The maximum Gasteiger partial charge on any atom is 0.508 e. The minimum Gasteiger partial charge on any atom is -0.450 e. The molecule has 0 aromatic heterocycles. The molecule has 5 heteroatoms. The van der Waals surface area contributed by atoms with Crippen molar-refractivity contribution in [3.63, 3.8) is 0 Å². The standard InChI is InChI=1S/C13H24O5/c1-9(2)10(16-11(14)15)17-18-13(6,7)8-12(3,4)5/h10H,1,8H2,2-7H3,(H,14,15). The van der Waals surface area contributed by atoms with E-state index in [-0.39, 0.29) is 5.41 Å². The zero-order valence-corrected chi connectivity index (χ0v) is 12.1. The lowest BCUT2D eigenvalue weighted by Gasteiger charge is -2.32. The van der Waals surface area contributed by atoms with Crippen molar-refractivity contribution >= 4 is 6.16 Å². The zero-order valence-electron chi connectivity index (χ0n) is 12.1. The van der Waals surface area contributed by atoms with Gasteiger partial charge in [-0.3, -0.25) is 0 Å². The second-order valence-electron chi connectivity index (χ2n) is 6.24. The van der Waals surface area contributed by atoms with Crippen molar-refractivity contribution in [2.24, 2.45) is 5.41 Å². The lowest BCUT2D eigenvalue weighted by atomic mass is 9.84. The molecule has 1 atom stereocenters. The van der Waals surface area contributed by atoms with E-state index in [1.807, 2.05) is 13.8 Å². The van der Waals surface area contributed by atoms with Crippen molar-refractivity contribution in [1.29, 1.82) is 0 Å². The number of hydrogen-bond acceptors (Lipinski definition) is 4. The molecule has 0 aliphatic carbocycles. The first-order valence-electron chi connectivity index (χ1n) is 5.82. The summed E-state index contributed by atoms with van der Waals surface area (Å²) < 4.78 is 4.51. The molecule has 106 valence electrons. The third-order valence-electron chi connectivity index (χ3n) is 1.93. The maximum atomic E-state index is 10.5. The third kappa shape index (κ3) is 8.08. The second kappa shape index (κ2) is 6.20. The van der Waals surface area contributed by atoms with Crippen LogP contribution in [0.2, 0.25) is 0 Å². The van der Waals surface area contributed by atoms with Crippen LogP contribution in [0, 0.1) is 5.41 Å². The van der Waals surface area contributed by atoms with Gasteiger partial charge in [-0.1, -0.05) is 27.4 Å². The summed E-state index contributed by atoms with van der Waals surface area (Å²) in [4.78, 5) is 20.8. The van der Waals surface area contributed by atoms with Gasteiger partial charge in [0.15, 0.2) is 0 Å². The summed E-state index contributed by atoms with van der Waals surface area (Å²) in [5.41, 5.74) is -0.0588. The predicted molar refractivity (Wildman–Crippen MR) is 68.0 cm³/mol. The smallest absolute Gasteiger partial charge is 0.450 e. The van der Waals surface area contributed by atoms with Gasteiger partial charge in [-0.05, 0) is 38.2 Å². The molecular formula is C13H24O5. The normalized spacial score (nSPS) is 14.1. The summed E-state index contributed by atoms with van der Waals surface area (Å²) in [5.74, 6) is 0. The Morgan fingerprint density at radius 1 is 1.28 bits per heavy atom. The molecule has 0 saturated heterocycles. The molecule has 1 unspecified atom stereocenters. The minimum atomic E-state index is -1.43. The van der Waals surface area contributed by atoms with Crippen molar-refractivity contribution < 1.29 is 24.4 Å². The first kappa shape index (κ1) is 16.9. The van der Waals surface area contributed by atoms with E-state index < -0.39 is 18.0 Å². The van der Waals surface area contributed by atoms with Gasteiger partial charge < -0.3 is 9.84 Å². The highest BCUT2D eigenvalue weighted by atomic mass is 17.2. The quantitative estimate of drug-likeness (QED) is 0.259. The topological polar surface area (TPSA) is 65.0 Å².